The van der Waals surface area contributed by atoms with Gasteiger partial charge in [0.05, 0.1) is 20.8 Å². The van der Waals surface area contributed by atoms with Crippen LogP contribution < -0.4 is 5.32 Å². The number of sulfone groups is 1. The number of rotatable bonds is 4. The molecule has 0 heterocycles. The molecule has 2 aromatic rings. The number of nitrogens with one attached hydrogen (secondary N) is 1. The second-order valence-corrected chi connectivity index (χ2v) is 11.6. The molecule has 2 fully saturated rings. The number of benzene rings is 2. The van der Waals surface area contributed by atoms with Gasteiger partial charge in [-0.2, -0.15) is 0 Å². The molecule has 0 radical (unpaired) electrons. The predicted molar refractivity (Wildman–Crippen MR) is 118 cm³/mol. The number of hydrogen-bond acceptors (Lipinski definition) is 4. The van der Waals surface area contributed by atoms with Gasteiger partial charge in [0.25, 0.3) is 5.91 Å². The number of aryl methyl sites for hydroxylation is 1. The van der Waals surface area contributed by atoms with Crippen molar-refractivity contribution in [2.75, 3.05) is 5.32 Å². The highest BCUT2D eigenvalue weighted by Gasteiger charge is 2.53. The van der Waals surface area contributed by atoms with Crippen LogP contribution in [0.4, 0.5) is 14.5 Å². The van der Waals surface area contributed by atoms with E-state index in [-0.39, 0.29) is 33.0 Å². The second-order valence-electron chi connectivity index (χ2n) is 9.02. The Kier molecular flexibility index (Phi) is 5.84. The average Bonchev–Trinajstić information content (AvgIpc) is 2.87. The van der Waals surface area contributed by atoms with Crippen LogP contribution in [0.5, 0.6) is 0 Å². The zero-order chi connectivity index (χ0) is 23.4. The summed E-state index contributed by atoms with van der Waals surface area (Å²) in [5.74, 6) is -3.00. The maximum Gasteiger partial charge on any atom is 0.255 e. The first-order valence-corrected chi connectivity index (χ1v) is 12.4. The van der Waals surface area contributed by atoms with Crippen molar-refractivity contribution in [3.8, 4) is 0 Å². The van der Waals surface area contributed by atoms with Gasteiger partial charge in [-0.1, -0.05) is 11.6 Å². The number of fused-ring (bicyclic) bond motifs is 2. The minimum atomic E-state index is -3.86. The van der Waals surface area contributed by atoms with Gasteiger partial charge >= 0.3 is 0 Å². The van der Waals surface area contributed by atoms with Crippen molar-refractivity contribution in [1.29, 1.82) is 0 Å². The van der Waals surface area contributed by atoms with Crippen molar-refractivity contribution in [3.05, 3.63) is 58.1 Å². The third kappa shape index (κ3) is 3.93. The smallest absolute Gasteiger partial charge is 0.255 e. The summed E-state index contributed by atoms with van der Waals surface area (Å²) < 4.78 is 53.6. The van der Waals surface area contributed by atoms with Crippen LogP contribution in [0.2, 0.25) is 5.02 Å². The molecule has 2 aromatic carbocycles. The molecule has 1 amide bonds. The van der Waals surface area contributed by atoms with Crippen molar-refractivity contribution in [2.24, 2.45) is 11.8 Å². The normalized spacial score (nSPS) is 27.4. The van der Waals surface area contributed by atoms with Gasteiger partial charge in [-0.25, -0.2) is 17.2 Å². The summed E-state index contributed by atoms with van der Waals surface area (Å²) in [6.07, 6.45) is 2.25. The van der Waals surface area contributed by atoms with Crippen LogP contribution in [-0.4, -0.2) is 30.3 Å². The summed E-state index contributed by atoms with van der Waals surface area (Å²) in [5.41, 5.74) is -0.304. The lowest BCUT2D eigenvalue weighted by Gasteiger charge is -2.40. The molecule has 2 unspecified atom stereocenters. The fourth-order valence-electron chi connectivity index (χ4n) is 5.08. The van der Waals surface area contributed by atoms with Crippen LogP contribution >= 0.6 is 11.6 Å². The van der Waals surface area contributed by atoms with Crippen LogP contribution in [0.15, 0.2) is 35.2 Å². The monoisotopic (exact) mass is 483 g/mol. The summed E-state index contributed by atoms with van der Waals surface area (Å²) in [6.45, 7) is 3.39. The Hall–Kier alpha value is -2.03. The summed E-state index contributed by atoms with van der Waals surface area (Å²) in [6, 6.07) is 5.61. The van der Waals surface area contributed by atoms with E-state index >= 15 is 0 Å². The maximum absolute atomic E-state index is 13.5. The Morgan fingerprint density at radius 2 is 1.75 bits per heavy atom. The Morgan fingerprint density at radius 3 is 2.34 bits per heavy atom. The molecule has 9 heteroatoms. The molecule has 5 nitrogen and oxygen atoms in total. The molecular weight excluding hydrogens is 460 g/mol. The average molecular weight is 484 g/mol. The number of halogens is 3. The van der Waals surface area contributed by atoms with Gasteiger partial charge in [0.15, 0.2) is 21.5 Å². The summed E-state index contributed by atoms with van der Waals surface area (Å²) in [4.78, 5) is 12.7. The van der Waals surface area contributed by atoms with Gasteiger partial charge in [0, 0.05) is 17.3 Å². The highest BCUT2D eigenvalue weighted by Crippen LogP contribution is 2.51. The van der Waals surface area contributed by atoms with E-state index in [9.17, 15) is 27.1 Å². The Morgan fingerprint density at radius 1 is 1.12 bits per heavy atom. The van der Waals surface area contributed by atoms with Crippen molar-refractivity contribution in [3.63, 3.8) is 0 Å². The number of amides is 1. The van der Waals surface area contributed by atoms with E-state index in [2.05, 4.69) is 5.32 Å². The second kappa shape index (κ2) is 8.08. The Balaban J connectivity index is 1.65. The lowest BCUT2D eigenvalue weighted by Crippen LogP contribution is -2.45. The molecule has 4 atom stereocenters. The molecule has 4 rings (SSSR count). The third-order valence-electron chi connectivity index (χ3n) is 7.06. The molecule has 0 spiro atoms. The third-order valence-corrected chi connectivity index (χ3v) is 9.70. The van der Waals surface area contributed by atoms with E-state index in [1.807, 2.05) is 0 Å². The van der Waals surface area contributed by atoms with Crippen LogP contribution in [0.3, 0.4) is 0 Å². The predicted octanol–water partition coefficient (Wildman–Crippen LogP) is 4.89. The summed E-state index contributed by atoms with van der Waals surface area (Å²) in [5, 5.41) is 12.5. The molecule has 32 heavy (non-hydrogen) atoms. The molecule has 172 valence electrons. The van der Waals surface area contributed by atoms with Crippen LogP contribution in [0, 0.1) is 30.4 Å². The first kappa shape index (κ1) is 23.1. The van der Waals surface area contributed by atoms with E-state index < -0.39 is 38.2 Å². The molecule has 2 N–H and O–H groups in total. The number of carbonyl (C=O) groups excluding carboxylic acids is 1. The zero-order valence-electron chi connectivity index (χ0n) is 17.7. The Labute approximate surface area is 190 Å². The number of aliphatic hydroxyl groups is 1. The molecule has 0 aliphatic heterocycles. The first-order valence-electron chi connectivity index (χ1n) is 10.4. The van der Waals surface area contributed by atoms with E-state index in [1.165, 1.54) is 18.2 Å². The molecule has 2 aliphatic carbocycles. The highest BCUT2D eigenvalue weighted by molar-refractivity contribution is 7.92. The minimum Gasteiger partial charge on any atom is -0.390 e. The lowest BCUT2D eigenvalue weighted by molar-refractivity contribution is -0.0413. The van der Waals surface area contributed by atoms with Gasteiger partial charge in [0.1, 0.15) is 0 Å². The molecule has 2 aliphatic rings. The van der Waals surface area contributed by atoms with Gasteiger partial charge < -0.3 is 10.4 Å². The highest BCUT2D eigenvalue weighted by atomic mass is 35.5. The fraction of sp³-hybridized carbons (Fsp3) is 0.435. The van der Waals surface area contributed by atoms with Crippen LogP contribution in [0.25, 0.3) is 0 Å². The van der Waals surface area contributed by atoms with Gasteiger partial charge in [0.2, 0.25) is 0 Å². The molecule has 2 saturated carbocycles. The Bertz CT molecular complexity index is 1180. The van der Waals surface area contributed by atoms with Gasteiger partial charge in [-0.05, 0) is 81.2 Å². The number of anilines is 1. The molecule has 0 aromatic heterocycles. The van der Waals surface area contributed by atoms with Gasteiger partial charge in [-0.15, -0.1) is 0 Å². The number of carbonyl (C=O) groups is 1. The lowest BCUT2D eigenvalue weighted by atomic mass is 9.76. The zero-order valence-corrected chi connectivity index (χ0v) is 19.2. The van der Waals surface area contributed by atoms with E-state index in [1.54, 1.807) is 13.8 Å². The minimum absolute atomic E-state index is 0.0246. The summed E-state index contributed by atoms with van der Waals surface area (Å²) in [7, 11) is -3.86. The molecule has 2 bridgehead atoms. The standard InChI is InChI=1S/C23H24ClF2NO4S/c1-12-7-18(24)21(11-17(12)22(28)27-15-5-6-19(25)20(26)10-15)32(30,31)16-8-13-3-4-14(9-16)23(13,2)29/h5-7,10-11,13-14,16,29H,3-4,8-9H2,1-2H3,(H,27,28)/t13-,14?,16?,23-/m0/s1. The fourth-order valence-corrected chi connectivity index (χ4v) is 7.57. The van der Waals surface area contributed by atoms with Crippen LogP contribution in [0.1, 0.15) is 48.5 Å². The van der Waals surface area contributed by atoms with Crippen molar-refractivity contribution in [1.82, 2.24) is 0 Å². The topological polar surface area (TPSA) is 83.5 Å². The van der Waals surface area contributed by atoms with E-state index in [4.69, 9.17) is 11.6 Å². The van der Waals surface area contributed by atoms with Crippen molar-refractivity contribution >= 4 is 33.0 Å². The first-order chi connectivity index (χ1) is 14.9. The SMILES string of the molecule is Cc1cc(Cl)c(S(=O)(=O)C2CC3CC[C@@H](C2)[C@]3(C)O)cc1C(=O)Nc1ccc(F)c(F)c1. The van der Waals surface area contributed by atoms with Crippen molar-refractivity contribution in [2.45, 2.75) is 55.3 Å². The molecular formula is C23H24ClF2NO4S. The van der Waals surface area contributed by atoms with Crippen LogP contribution in [-0.2, 0) is 9.84 Å². The van der Waals surface area contributed by atoms with Crippen molar-refractivity contribution < 1.29 is 27.1 Å². The van der Waals surface area contributed by atoms with E-state index in [0.29, 0.717) is 18.4 Å². The maximum atomic E-state index is 13.5. The quantitative estimate of drug-likeness (QED) is 0.648. The van der Waals surface area contributed by atoms with E-state index in [0.717, 1.165) is 25.0 Å². The summed E-state index contributed by atoms with van der Waals surface area (Å²) >= 11 is 6.30. The largest absolute Gasteiger partial charge is 0.390 e. The number of hydrogen-bond donors (Lipinski definition) is 2. The van der Waals surface area contributed by atoms with Gasteiger partial charge in [-0.3, -0.25) is 4.79 Å². The molecule has 0 saturated heterocycles.